The zero-order valence-corrected chi connectivity index (χ0v) is 8.55. The van der Waals surface area contributed by atoms with Gasteiger partial charge in [0.2, 0.25) is 0 Å². The number of nitrogens with one attached hydrogen (secondary N) is 1. The molecule has 6 heteroatoms. The van der Waals surface area contributed by atoms with E-state index in [0.29, 0.717) is 13.1 Å². The first kappa shape index (κ1) is 9.39. The third kappa shape index (κ3) is 2.19. The van der Waals surface area contributed by atoms with Crippen LogP contribution in [0.15, 0.2) is 0 Å². The lowest BCUT2D eigenvalue weighted by Gasteiger charge is -2.12. The second kappa shape index (κ2) is 3.20. The molecule has 0 bridgehead atoms. The van der Waals surface area contributed by atoms with Crippen molar-refractivity contribution in [3.05, 3.63) is 0 Å². The molecule has 2 rings (SSSR count). The van der Waals surface area contributed by atoms with Crippen LogP contribution in [0, 0.1) is 0 Å². The van der Waals surface area contributed by atoms with Gasteiger partial charge in [0.25, 0.3) is 10.2 Å². The molecular weight excluding hydrogens is 190 g/mol. The van der Waals surface area contributed by atoms with Crippen molar-refractivity contribution in [1.82, 2.24) is 13.9 Å². The molecular formula is C7H15N3O2S. The Bertz CT molecular complexity index is 286. The number of hydrogen-bond acceptors (Lipinski definition) is 3. The fourth-order valence-electron chi connectivity index (χ4n) is 1.60. The summed E-state index contributed by atoms with van der Waals surface area (Å²) in [5.74, 6) is 0. The van der Waals surface area contributed by atoms with Crippen LogP contribution < -0.4 is 4.72 Å². The Morgan fingerprint density at radius 1 is 1.31 bits per heavy atom. The summed E-state index contributed by atoms with van der Waals surface area (Å²) in [6.07, 6.45) is 0.920. The number of likely N-dealkylation sites (N-methyl/N-ethyl adjacent to an activating group) is 1. The zero-order valence-electron chi connectivity index (χ0n) is 7.73. The fourth-order valence-corrected chi connectivity index (χ4v) is 2.92. The third-order valence-electron chi connectivity index (χ3n) is 2.45. The van der Waals surface area contributed by atoms with Gasteiger partial charge in [0.05, 0.1) is 0 Å². The smallest absolute Gasteiger partial charge is 0.279 e. The Morgan fingerprint density at radius 3 is 2.46 bits per heavy atom. The average molecular weight is 205 g/mol. The summed E-state index contributed by atoms with van der Waals surface area (Å²) < 4.78 is 27.1. The Hall–Kier alpha value is -0.170. The topological polar surface area (TPSA) is 52.4 Å². The van der Waals surface area contributed by atoms with Gasteiger partial charge in [-0.15, -0.1) is 0 Å². The van der Waals surface area contributed by atoms with Crippen LogP contribution in [-0.4, -0.2) is 56.9 Å². The van der Waals surface area contributed by atoms with Gasteiger partial charge in [-0.05, 0) is 20.0 Å². The molecule has 1 unspecified atom stereocenters. The molecule has 13 heavy (non-hydrogen) atoms. The summed E-state index contributed by atoms with van der Waals surface area (Å²) in [7, 11) is -1.13. The molecule has 1 N–H and O–H groups in total. The summed E-state index contributed by atoms with van der Waals surface area (Å²) in [5, 5.41) is 0. The van der Waals surface area contributed by atoms with Crippen LogP contribution in [0.4, 0.5) is 0 Å². The van der Waals surface area contributed by atoms with Crippen LogP contribution in [-0.2, 0) is 10.2 Å². The van der Waals surface area contributed by atoms with Gasteiger partial charge in [-0.1, -0.05) is 0 Å². The van der Waals surface area contributed by atoms with Crippen LogP contribution in [0.5, 0.6) is 0 Å². The minimum atomic E-state index is -3.14. The van der Waals surface area contributed by atoms with Gasteiger partial charge in [-0.25, -0.2) is 0 Å². The van der Waals surface area contributed by atoms with Crippen molar-refractivity contribution >= 4 is 10.2 Å². The van der Waals surface area contributed by atoms with Crippen LogP contribution in [0.1, 0.15) is 6.42 Å². The molecule has 5 nitrogen and oxygen atoms in total. The SMILES string of the molecule is CN1CCC(NS(=O)(=O)N2CC2)C1. The molecule has 2 fully saturated rings. The average Bonchev–Trinajstić information content (AvgIpc) is 2.78. The van der Waals surface area contributed by atoms with Crippen molar-refractivity contribution in [3.8, 4) is 0 Å². The first-order valence-corrected chi connectivity index (χ1v) is 5.98. The molecule has 0 saturated carbocycles. The Labute approximate surface area is 78.9 Å². The minimum absolute atomic E-state index is 0.107. The number of nitrogens with zero attached hydrogens (tertiary/aromatic N) is 2. The normalized spacial score (nSPS) is 31.0. The van der Waals surface area contributed by atoms with E-state index in [1.54, 1.807) is 0 Å². The predicted octanol–water partition coefficient (Wildman–Crippen LogP) is -1.16. The zero-order chi connectivity index (χ0) is 9.47. The van der Waals surface area contributed by atoms with Gasteiger partial charge in [0, 0.05) is 25.7 Å². The number of likely N-dealkylation sites (tertiary alicyclic amines) is 1. The minimum Gasteiger partial charge on any atom is -0.305 e. The number of hydrogen-bond donors (Lipinski definition) is 1. The van der Waals surface area contributed by atoms with Crippen LogP contribution in [0.3, 0.4) is 0 Å². The van der Waals surface area contributed by atoms with E-state index in [9.17, 15) is 8.42 Å². The maximum atomic E-state index is 11.5. The quantitative estimate of drug-likeness (QED) is 0.591. The lowest BCUT2D eigenvalue weighted by atomic mass is 10.3. The van der Waals surface area contributed by atoms with Crippen molar-refractivity contribution in [2.75, 3.05) is 33.2 Å². The van der Waals surface area contributed by atoms with E-state index in [2.05, 4.69) is 9.62 Å². The molecule has 0 aliphatic carbocycles. The second-order valence-electron chi connectivity index (χ2n) is 3.77. The Kier molecular flexibility index (Phi) is 2.31. The van der Waals surface area contributed by atoms with E-state index >= 15 is 0 Å². The van der Waals surface area contributed by atoms with Crippen molar-refractivity contribution < 1.29 is 8.42 Å². The lowest BCUT2D eigenvalue weighted by molar-refractivity contribution is 0.406. The molecule has 0 aromatic heterocycles. The van der Waals surface area contributed by atoms with E-state index < -0.39 is 10.2 Å². The van der Waals surface area contributed by atoms with Crippen molar-refractivity contribution in [2.45, 2.75) is 12.5 Å². The molecule has 0 aromatic carbocycles. The molecule has 0 spiro atoms. The highest BCUT2D eigenvalue weighted by molar-refractivity contribution is 7.87. The summed E-state index contributed by atoms with van der Waals surface area (Å²) in [6, 6.07) is 0.107. The van der Waals surface area contributed by atoms with Crippen LogP contribution in [0.25, 0.3) is 0 Å². The Morgan fingerprint density at radius 2 is 2.00 bits per heavy atom. The predicted molar refractivity (Wildman–Crippen MR) is 49.5 cm³/mol. The van der Waals surface area contributed by atoms with Gasteiger partial charge in [-0.3, -0.25) is 0 Å². The first-order valence-electron chi connectivity index (χ1n) is 4.54. The highest BCUT2D eigenvalue weighted by Gasteiger charge is 2.34. The number of rotatable bonds is 3. The van der Waals surface area contributed by atoms with Crippen molar-refractivity contribution in [2.24, 2.45) is 0 Å². The van der Waals surface area contributed by atoms with Gasteiger partial charge in [0.15, 0.2) is 0 Å². The van der Waals surface area contributed by atoms with Gasteiger partial charge in [-0.2, -0.15) is 17.4 Å². The van der Waals surface area contributed by atoms with Crippen LogP contribution in [0.2, 0.25) is 0 Å². The fraction of sp³-hybridized carbons (Fsp3) is 1.00. The summed E-state index contributed by atoms with van der Waals surface area (Å²) in [6.45, 7) is 3.16. The summed E-state index contributed by atoms with van der Waals surface area (Å²) >= 11 is 0. The summed E-state index contributed by atoms with van der Waals surface area (Å²) in [4.78, 5) is 2.13. The van der Waals surface area contributed by atoms with E-state index in [4.69, 9.17) is 0 Å². The largest absolute Gasteiger partial charge is 0.305 e. The van der Waals surface area contributed by atoms with Crippen LogP contribution >= 0.6 is 0 Å². The maximum absolute atomic E-state index is 11.5. The van der Waals surface area contributed by atoms with E-state index in [0.717, 1.165) is 19.5 Å². The molecule has 2 aliphatic rings. The van der Waals surface area contributed by atoms with E-state index in [1.807, 2.05) is 7.05 Å². The molecule has 2 aliphatic heterocycles. The van der Waals surface area contributed by atoms with Crippen molar-refractivity contribution in [1.29, 1.82) is 0 Å². The van der Waals surface area contributed by atoms with Gasteiger partial charge >= 0.3 is 0 Å². The molecule has 1 atom stereocenters. The Balaban J connectivity index is 1.90. The molecule has 0 aromatic rings. The third-order valence-corrected chi connectivity index (χ3v) is 4.13. The lowest BCUT2D eigenvalue weighted by Crippen LogP contribution is -2.39. The molecule has 76 valence electrons. The highest BCUT2D eigenvalue weighted by Crippen LogP contribution is 2.13. The standard InChI is InChI=1S/C7H15N3O2S/c1-9-3-2-7(6-9)8-13(11,12)10-4-5-10/h7-8H,2-6H2,1H3. The highest BCUT2D eigenvalue weighted by atomic mass is 32.2. The maximum Gasteiger partial charge on any atom is 0.279 e. The van der Waals surface area contributed by atoms with Gasteiger partial charge in [0.1, 0.15) is 0 Å². The monoisotopic (exact) mass is 205 g/mol. The first-order chi connectivity index (χ1) is 6.08. The van der Waals surface area contributed by atoms with E-state index in [-0.39, 0.29) is 6.04 Å². The molecule has 0 amide bonds. The molecule has 2 heterocycles. The molecule has 2 saturated heterocycles. The van der Waals surface area contributed by atoms with Crippen molar-refractivity contribution in [3.63, 3.8) is 0 Å². The van der Waals surface area contributed by atoms with Gasteiger partial charge < -0.3 is 4.90 Å². The molecule has 0 radical (unpaired) electrons. The van der Waals surface area contributed by atoms with E-state index in [1.165, 1.54) is 4.31 Å². The summed E-state index contributed by atoms with van der Waals surface area (Å²) in [5.41, 5.74) is 0. The second-order valence-corrected chi connectivity index (χ2v) is 5.47.